The summed E-state index contributed by atoms with van der Waals surface area (Å²) < 4.78 is 0. The fraction of sp³-hybridized carbons (Fsp3) is 0.250. The highest BCUT2D eigenvalue weighted by molar-refractivity contribution is 5.87. The van der Waals surface area contributed by atoms with Crippen molar-refractivity contribution in [1.29, 1.82) is 0 Å². The second kappa shape index (κ2) is 7.25. The number of hydrogen-bond acceptors (Lipinski definition) is 3. The zero-order valence-corrected chi connectivity index (χ0v) is 14.1. The molecule has 1 unspecified atom stereocenters. The summed E-state index contributed by atoms with van der Waals surface area (Å²) in [5, 5.41) is 0. The number of nitrogens with zero attached hydrogens (tertiary/aromatic N) is 1. The molecule has 0 aliphatic heterocycles. The molecule has 120 valence electrons. The molecule has 2 aromatic rings. The standard InChI is InChI=1S/C20H25N3/c1-13-5-10-19(14(2)11-13)23-15(3)12-17-6-8-18(9-7-17)20(22)16(4)21/h5-11,20H,4,12,21-22H2,1-3H3/b23-15+. The van der Waals surface area contributed by atoms with Gasteiger partial charge in [-0.1, -0.05) is 48.5 Å². The SMILES string of the molecule is C=C(N)C(N)c1ccc(C/C(C)=N/c2ccc(C)cc2C)cc1. The Bertz CT molecular complexity index is 727. The first kappa shape index (κ1) is 17.0. The molecule has 0 saturated heterocycles. The third-order valence-corrected chi connectivity index (χ3v) is 3.86. The summed E-state index contributed by atoms with van der Waals surface area (Å²) in [6.45, 7) is 9.94. The average molecular weight is 307 g/mol. The molecule has 2 aromatic carbocycles. The first-order chi connectivity index (χ1) is 10.9. The van der Waals surface area contributed by atoms with E-state index in [0.29, 0.717) is 5.70 Å². The predicted octanol–water partition coefficient (Wildman–Crippen LogP) is 4.11. The van der Waals surface area contributed by atoms with Crippen molar-refractivity contribution in [2.75, 3.05) is 0 Å². The summed E-state index contributed by atoms with van der Waals surface area (Å²) in [6.07, 6.45) is 0.812. The van der Waals surface area contributed by atoms with Crippen molar-refractivity contribution in [1.82, 2.24) is 0 Å². The summed E-state index contributed by atoms with van der Waals surface area (Å²) >= 11 is 0. The quantitative estimate of drug-likeness (QED) is 0.816. The Kier molecular flexibility index (Phi) is 5.35. The van der Waals surface area contributed by atoms with E-state index in [1.807, 2.05) is 12.1 Å². The maximum absolute atomic E-state index is 5.97. The molecular formula is C20H25N3. The van der Waals surface area contributed by atoms with Gasteiger partial charge in [0.2, 0.25) is 0 Å². The smallest absolute Gasteiger partial charge is 0.0692 e. The fourth-order valence-electron chi connectivity index (χ4n) is 2.53. The van der Waals surface area contributed by atoms with Crippen LogP contribution in [-0.4, -0.2) is 5.71 Å². The maximum atomic E-state index is 5.97. The highest BCUT2D eigenvalue weighted by atomic mass is 14.7. The molecule has 0 heterocycles. The minimum absolute atomic E-state index is 0.311. The van der Waals surface area contributed by atoms with Gasteiger partial charge in [0, 0.05) is 17.8 Å². The summed E-state index contributed by atoms with van der Waals surface area (Å²) in [5.74, 6) is 0. The van der Waals surface area contributed by atoms with Crippen LogP contribution in [-0.2, 0) is 6.42 Å². The third-order valence-electron chi connectivity index (χ3n) is 3.86. The second-order valence-corrected chi connectivity index (χ2v) is 6.11. The molecule has 2 rings (SSSR count). The average Bonchev–Trinajstić information content (AvgIpc) is 2.50. The molecule has 0 bridgehead atoms. The number of benzene rings is 2. The van der Waals surface area contributed by atoms with E-state index in [-0.39, 0.29) is 6.04 Å². The van der Waals surface area contributed by atoms with E-state index < -0.39 is 0 Å². The fourth-order valence-corrected chi connectivity index (χ4v) is 2.53. The van der Waals surface area contributed by atoms with Crippen molar-refractivity contribution in [3.8, 4) is 0 Å². The summed E-state index contributed by atoms with van der Waals surface area (Å²) in [5.41, 5.74) is 18.9. The summed E-state index contributed by atoms with van der Waals surface area (Å²) in [7, 11) is 0. The summed E-state index contributed by atoms with van der Waals surface area (Å²) in [4.78, 5) is 4.74. The third kappa shape index (κ3) is 4.54. The van der Waals surface area contributed by atoms with E-state index in [1.165, 1.54) is 16.7 Å². The topological polar surface area (TPSA) is 64.4 Å². The molecule has 0 saturated carbocycles. The molecule has 23 heavy (non-hydrogen) atoms. The van der Waals surface area contributed by atoms with Gasteiger partial charge in [-0.2, -0.15) is 0 Å². The molecule has 0 aliphatic rings. The lowest BCUT2D eigenvalue weighted by Gasteiger charge is -2.12. The number of aliphatic imine (C=N–C) groups is 1. The Morgan fingerprint density at radius 3 is 2.35 bits per heavy atom. The molecule has 3 heteroatoms. The molecule has 4 N–H and O–H groups in total. The van der Waals surface area contributed by atoms with Crippen LogP contribution in [0.1, 0.15) is 35.2 Å². The minimum atomic E-state index is -0.311. The van der Waals surface area contributed by atoms with Gasteiger partial charge >= 0.3 is 0 Å². The van der Waals surface area contributed by atoms with E-state index in [0.717, 1.165) is 23.4 Å². The van der Waals surface area contributed by atoms with Gasteiger partial charge in [-0.05, 0) is 43.5 Å². The van der Waals surface area contributed by atoms with Crippen LogP contribution in [0.3, 0.4) is 0 Å². The van der Waals surface area contributed by atoms with Crippen LogP contribution in [0.5, 0.6) is 0 Å². The van der Waals surface area contributed by atoms with E-state index in [1.54, 1.807) is 0 Å². The molecule has 0 fully saturated rings. The molecule has 0 aliphatic carbocycles. The lowest BCUT2D eigenvalue weighted by molar-refractivity contribution is 0.836. The van der Waals surface area contributed by atoms with E-state index in [2.05, 4.69) is 57.7 Å². The van der Waals surface area contributed by atoms with Gasteiger partial charge < -0.3 is 11.5 Å². The van der Waals surface area contributed by atoms with Crippen LogP contribution in [0.4, 0.5) is 5.69 Å². The van der Waals surface area contributed by atoms with Crippen LogP contribution in [0.2, 0.25) is 0 Å². The Morgan fingerprint density at radius 2 is 1.78 bits per heavy atom. The van der Waals surface area contributed by atoms with Gasteiger partial charge in [0.1, 0.15) is 0 Å². The monoisotopic (exact) mass is 307 g/mol. The van der Waals surface area contributed by atoms with E-state index >= 15 is 0 Å². The molecular weight excluding hydrogens is 282 g/mol. The number of nitrogens with two attached hydrogens (primary N) is 2. The Labute approximate surface area is 138 Å². The van der Waals surface area contributed by atoms with Crippen molar-refractivity contribution in [2.45, 2.75) is 33.2 Å². The molecule has 0 spiro atoms. The maximum Gasteiger partial charge on any atom is 0.0692 e. The molecule has 0 radical (unpaired) electrons. The van der Waals surface area contributed by atoms with Crippen LogP contribution in [0.15, 0.2) is 59.7 Å². The van der Waals surface area contributed by atoms with Crippen LogP contribution >= 0.6 is 0 Å². The van der Waals surface area contributed by atoms with Gasteiger partial charge in [-0.25, -0.2) is 0 Å². The minimum Gasteiger partial charge on any atom is -0.401 e. The normalized spacial score (nSPS) is 13.0. The first-order valence-corrected chi connectivity index (χ1v) is 7.77. The lowest BCUT2D eigenvalue weighted by atomic mass is 10.0. The molecule has 3 nitrogen and oxygen atoms in total. The lowest BCUT2D eigenvalue weighted by Crippen LogP contribution is -2.17. The van der Waals surface area contributed by atoms with Gasteiger partial charge in [0.05, 0.1) is 11.7 Å². The molecule has 0 aromatic heterocycles. The van der Waals surface area contributed by atoms with Crippen molar-refractivity contribution < 1.29 is 0 Å². The van der Waals surface area contributed by atoms with Crippen molar-refractivity contribution in [3.05, 3.63) is 77.0 Å². The number of hydrogen-bond donors (Lipinski definition) is 2. The van der Waals surface area contributed by atoms with Crippen LogP contribution < -0.4 is 11.5 Å². The zero-order chi connectivity index (χ0) is 17.0. The van der Waals surface area contributed by atoms with Crippen molar-refractivity contribution in [3.63, 3.8) is 0 Å². The Balaban J connectivity index is 2.12. The van der Waals surface area contributed by atoms with Gasteiger partial charge in [-0.15, -0.1) is 0 Å². The Morgan fingerprint density at radius 1 is 1.13 bits per heavy atom. The van der Waals surface area contributed by atoms with Gasteiger partial charge in [0.15, 0.2) is 0 Å². The largest absolute Gasteiger partial charge is 0.401 e. The predicted molar refractivity (Wildman–Crippen MR) is 99.1 cm³/mol. The summed E-state index contributed by atoms with van der Waals surface area (Å²) in [6, 6.07) is 14.2. The van der Waals surface area contributed by atoms with Gasteiger partial charge in [-0.3, -0.25) is 4.99 Å². The number of aryl methyl sites for hydroxylation is 2. The van der Waals surface area contributed by atoms with Gasteiger partial charge in [0.25, 0.3) is 0 Å². The molecule has 1 atom stereocenters. The van der Waals surface area contributed by atoms with Crippen molar-refractivity contribution >= 4 is 11.4 Å². The zero-order valence-electron chi connectivity index (χ0n) is 14.1. The van der Waals surface area contributed by atoms with Crippen molar-refractivity contribution in [2.24, 2.45) is 16.5 Å². The highest BCUT2D eigenvalue weighted by Crippen LogP contribution is 2.21. The Hall–Kier alpha value is -2.39. The van der Waals surface area contributed by atoms with Crippen LogP contribution in [0.25, 0.3) is 0 Å². The number of rotatable bonds is 5. The molecule has 0 amide bonds. The second-order valence-electron chi connectivity index (χ2n) is 6.11. The van der Waals surface area contributed by atoms with E-state index in [9.17, 15) is 0 Å². The first-order valence-electron chi connectivity index (χ1n) is 7.77. The highest BCUT2D eigenvalue weighted by Gasteiger charge is 2.07. The van der Waals surface area contributed by atoms with E-state index in [4.69, 9.17) is 16.5 Å². The van der Waals surface area contributed by atoms with Crippen LogP contribution in [0, 0.1) is 13.8 Å².